The van der Waals surface area contributed by atoms with Gasteiger partial charge >= 0.3 is 5.97 Å². The summed E-state index contributed by atoms with van der Waals surface area (Å²) in [6.07, 6.45) is 10.6. The number of aromatic carboxylic acids is 1. The van der Waals surface area contributed by atoms with Gasteiger partial charge in [0, 0.05) is 9.37 Å². The third-order valence-electron chi connectivity index (χ3n) is 3.43. The second-order valence-electron chi connectivity index (χ2n) is 5.27. The quantitative estimate of drug-likeness (QED) is 0.361. The SMILES string of the molecule is CCCCCCCCCCSc1ccc(Br)c(C(=O)O)c1. The second-order valence-corrected chi connectivity index (χ2v) is 7.29. The molecule has 0 heterocycles. The zero-order chi connectivity index (χ0) is 15.5. The van der Waals surface area contributed by atoms with E-state index >= 15 is 0 Å². The van der Waals surface area contributed by atoms with E-state index in [1.54, 1.807) is 17.8 Å². The molecule has 0 atom stereocenters. The number of carboxylic acid groups (broad SMARTS) is 1. The van der Waals surface area contributed by atoms with Gasteiger partial charge in [-0.1, -0.05) is 51.9 Å². The second kappa shape index (κ2) is 11.1. The van der Waals surface area contributed by atoms with Crippen LogP contribution in [0.25, 0.3) is 0 Å². The number of carbonyl (C=O) groups is 1. The van der Waals surface area contributed by atoms with Crippen molar-refractivity contribution in [2.75, 3.05) is 5.75 Å². The van der Waals surface area contributed by atoms with E-state index in [4.69, 9.17) is 5.11 Å². The van der Waals surface area contributed by atoms with E-state index in [0.717, 1.165) is 10.6 Å². The van der Waals surface area contributed by atoms with Gasteiger partial charge in [-0.3, -0.25) is 0 Å². The predicted octanol–water partition coefficient (Wildman–Crippen LogP) is 6.38. The minimum atomic E-state index is -0.878. The van der Waals surface area contributed by atoms with Gasteiger partial charge in [-0.2, -0.15) is 0 Å². The summed E-state index contributed by atoms with van der Waals surface area (Å²) in [5, 5.41) is 9.08. The van der Waals surface area contributed by atoms with Crippen molar-refractivity contribution >= 4 is 33.7 Å². The summed E-state index contributed by atoms with van der Waals surface area (Å²) in [4.78, 5) is 12.1. The van der Waals surface area contributed by atoms with Crippen LogP contribution in [-0.2, 0) is 0 Å². The monoisotopic (exact) mass is 372 g/mol. The van der Waals surface area contributed by atoms with E-state index in [2.05, 4.69) is 22.9 Å². The lowest BCUT2D eigenvalue weighted by molar-refractivity contribution is 0.0695. The summed E-state index contributed by atoms with van der Waals surface area (Å²) < 4.78 is 0.645. The Bertz CT molecular complexity index is 435. The molecule has 0 aromatic heterocycles. The third-order valence-corrected chi connectivity index (χ3v) is 5.21. The molecule has 0 fully saturated rings. The standard InChI is InChI=1S/C17H25BrO2S/c1-2-3-4-5-6-7-8-9-12-21-14-10-11-16(18)15(13-14)17(19)20/h10-11,13H,2-9,12H2,1H3,(H,19,20). The first-order valence-electron chi connectivity index (χ1n) is 7.80. The molecule has 1 rings (SSSR count). The molecule has 1 aromatic carbocycles. The highest BCUT2D eigenvalue weighted by Gasteiger charge is 2.08. The maximum atomic E-state index is 11.1. The molecule has 0 amide bonds. The molecule has 4 heteroatoms. The number of benzene rings is 1. The van der Waals surface area contributed by atoms with Crippen LogP contribution in [-0.4, -0.2) is 16.8 Å². The molecule has 2 nitrogen and oxygen atoms in total. The summed E-state index contributed by atoms with van der Waals surface area (Å²) >= 11 is 5.02. The van der Waals surface area contributed by atoms with Crippen LogP contribution in [0.4, 0.5) is 0 Å². The lowest BCUT2D eigenvalue weighted by atomic mass is 10.1. The highest BCUT2D eigenvalue weighted by Crippen LogP contribution is 2.26. The fraction of sp³-hybridized carbons (Fsp3) is 0.588. The summed E-state index contributed by atoms with van der Waals surface area (Å²) in [6.45, 7) is 2.25. The van der Waals surface area contributed by atoms with Crippen LogP contribution in [0.15, 0.2) is 27.6 Å². The number of hydrogen-bond acceptors (Lipinski definition) is 2. The number of hydrogen-bond donors (Lipinski definition) is 1. The van der Waals surface area contributed by atoms with Crippen LogP contribution in [0, 0.1) is 0 Å². The van der Waals surface area contributed by atoms with Crippen LogP contribution < -0.4 is 0 Å². The Morgan fingerprint density at radius 1 is 1.10 bits per heavy atom. The molecule has 1 aromatic rings. The highest BCUT2D eigenvalue weighted by molar-refractivity contribution is 9.10. The molecule has 0 radical (unpaired) electrons. The van der Waals surface area contributed by atoms with Gasteiger partial charge in [0.05, 0.1) is 5.56 Å². The Kier molecular flexibility index (Phi) is 9.85. The van der Waals surface area contributed by atoms with Gasteiger partial charge in [0.25, 0.3) is 0 Å². The number of halogens is 1. The van der Waals surface area contributed by atoms with E-state index in [0.29, 0.717) is 10.0 Å². The topological polar surface area (TPSA) is 37.3 Å². The van der Waals surface area contributed by atoms with Crippen molar-refractivity contribution in [1.82, 2.24) is 0 Å². The molecule has 0 unspecified atom stereocenters. The Balaban J connectivity index is 2.16. The molecule has 1 N–H and O–H groups in total. The molecular weight excluding hydrogens is 348 g/mol. The van der Waals surface area contributed by atoms with Gasteiger partial charge in [-0.25, -0.2) is 4.79 Å². The van der Waals surface area contributed by atoms with Gasteiger partial charge in [0.2, 0.25) is 0 Å². The van der Waals surface area contributed by atoms with E-state index in [9.17, 15) is 4.79 Å². The molecule has 0 saturated carbocycles. The average Bonchev–Trinajstić information content (AvgIpc) is 2.47. The van der Waals surface area contributed by atoms with Crippen LogP contribution >= 0.6 is 27.7 Å². The fourth-order valence-electron chi connectivity index (χ4n) is 2.18. The first-order valence-corrected chi connectivity index (χ1v) is 9.58. The smallest absolute Gasteiger partial charge is 0.336 e. The number of thioether (sulfide) groups is 1. The van der Waals surface area contributed by atoms with E-state index < -0.39 is 5.97 Å². The van der Waals surface area contributed by atoms with E-state index in [1.165, 1.54) is 51.4 Å². The van der Waals surface area contributed by atoms with Crippen LogP contribution in [0.3, 0.4) is 0 Å². The van der Waals surface area contributed by atoms with Crippen molar-refractivity contribution in [2.45, 2.75) is 63.2 Å². The van der Waals surface area contributed by atoms with Gasteiger partial charge < -0.3 is 5.11 Å². The van der Waals surface area contributed by atoms with Crippen molar-refractivity contribution in [2.24, 2.45) is 0 Å². The minimum absolute atomic E-state index is 0.343. The predicted molar refractivity (Wildman–Crippen MR) is 94.4 cm³/mol. The summed E-state index contributed by atoms with van der Waals surface area (Å²) in [5.74, 6) is 0.187. The minimum Gasteiger partial charge on any atom is -0.478 e. The lowest BCUT2D eigenvalue weighted by Gasteiger charge is -2.05. The summed E-state index contributed by atoms with van der Waals surface area (Å²) in [5.41, 5.74) is 0.343. The molecule has 0 saturated heterocycles. The third kappa shape index (κ3) is 7.91. The maximum absolute atomic E-state index is 11.1. The summed E-state index contributed by atoms with van der Waals surface area (Å²) in [7, 11) is 0. The zero-order valence-electron chi connectivity index (χ0n) is 12.7. The average molecular weight is 373 g/mol. The highest BCUT2D eigenvalue weighted by atomic mass is 79.9. The molecule has 0 aliphatic carbocycles. The van der Waals surface area contributed by atoms with Crippen molar-refractivity contribution in [3.63, 3.8) is 0 Å². The van der Waals surface area contributed by atoms with Crippen LogP contribution in [0.1, 0.15) is 68.6 Å². The Morgan fingerprint density at radius 3 is 2.33 bits per heavy atom. The number of rotatable bonds is 11. The molecule has 0 aliphatic heterocycles. The first-order chi connectivity index (χ1) is 10.1. The van der Waals surface area contributed by atoms with Crippen LogP contribution in [0.2, 0.25) is 0 Å². The van der Waals surface area contributed by atoms with Gasteiger partial charge in [-0.05, 0) is 46.3 Å². The van der Waals surface area contributed by atoms with Crippen molar-refractivity contribution in [1.29, 1.82) is 0 Å². The van der Waals surface area contributed by atoms with Gasteiger partial charge in [-0.15, -0.1) is 11.8 Å². The van der Waals surface area contributed by atoms with Gasteiger partial charge in [0.15, 0.2) is 0 Å². The first kappa shape index (κ1) is 18.6. The molecular formula is C17H25BrO2S. The lowest BCUT2D eigenvalue weighted by Crippen LogP contribution is -1.97. The fourth-order valence-corrected chi connectivity index (χ4v) is 3.55. The summed E-state index contributed by atoms with van der Waals surface area (Å²) in [6, 6.07) is 5.55. The molecule has 21 heavy (non-hydrogen) atoms. The van der Waals surface area contributed by atoms with E-state index in [1.807, 2.05) is 12.1 Å². The van der Waals surface area contributed by atoms with Gasteiger partial charge in [0.1, 0.15) is 0 Å². The molecule has 118 valence electrons. The normalized spacial score (nSPS) is 10.8. The van der Waals surface area contributed by atoms with Crippen molar-refractivity contribution in [3.05, 3.63) is 28.2 Å². The van der Waals surface area contributed by atoms with Crippen molar-refractivity contribution < 1.29 is 9.90 Å². The number of carboxylic acids is 1. The molecule has 0 spiro atoms. The Morgan fingerprint density at radius 2 is 1.71 bits per heavy atom. The van der Waals surface area contributed by atoms with E-state index in [-0.39, 0.29) is 0 Å². The maximum Gasteiger partial charge on any atom is 0.336 e. The Hall–Kier alpha value is -0.480. The van der Waals surface area contributed by atoms with Crippen LogP contribution in [0.5, 0.6) is 0 Å². The van der Waals surface area contributed by atoms with Crippen molar-refractivity contribution in [3.8, 4) is 0 Å². The zero-order valence-corrected chi connectivity index (χ0v) is 15.1. The molecule has 0 aliphatic rings. The molecule has 0 bridgehead atoms. The Labute approximate surface area is 140 Å². The largest absolute Gasteiger partial charge is 0.478 e. The number of unbranched alkanes of at least 4 members (excludes halogenated alkanes) is 7.